The third kappa shape index (κ3) is 5.26. The number of rotatable bonds is 6. The van der Waals surface area contributed by atoms with Crippen LogP contribution in [0.25, 0.3) is 0 Å². The lowest BCUT2D eigenvalue weighted by Crippen LogP contribution is -2.24. The SMILES string of the molecule is Cc1cccc(CNC(=O)CCNc2ccc(F)cc2)c1. The Balaban J connectivity index is 1.69. The second kappa shape index (κ2) is 7.43. The van der Waals surface area contributed by atoms with Gasteiger partial charge in [0.25, 0.3) is 0 Å². The molecule has 0 heterocycles. The van der Waals surface area contributed by atoms with E-state index in [0.717, 1.165) is 11.3 Å². The largest absolute Gasteiger partial charge is 0.385 e. The van der Waals surface area contributed by atoms with Crippen LogP contribution in [0.1, 0.15) is 17.5 Å². The van der Waals surface area contributed by atoms with Gasteiger partial charge in [0.2, 0.25) is 5.91 Å². The van der Waals surface area contributed by atoms with Gasteiger partial charge in [-0.3, -0.25) is 4.79 Å². The van der Waals surface area contributed by atoms with E-state index in [1.165, 1.54) is 17.7 Å². The predicted octanol–water partition coefficient (Wildman–Crippen LogP) is 3.25. The van der Waals surface area contributed by atoms with Crippen LogP contribution in [0.5, 0.6) is 0 Å². The van der Waals surface area contributed by atoms with Gasteiger partial charge in [-0.05, 0) is 36.8 Å². The highest BCUT2D eigenvalue weighted by molar-refractivity contribution is 5.76. The Bertz CT molecular complexity index is 596. The summed E-state index contributed by atoms with van der Waals surface area (Å²) in [6.07, 6.45) is 0.378. The topological polar surface area (TPSA) is 41.1 Å². The van der Waals surface area contributed by atoms with Crippen molar-refractivity contribution in [2.24, 2.45) is 0 Å². The third-order valence-corrected chi connectivity index (χ3v) is 3.10. The number of hydrogen-bond donors (Lipinski definition) is 2. The summed E-state index contributed by atoms with van der Waals surface area (Å²) in [5.74, 6) is -0.275. The summed E-state index contributed by atoms with van der Waals surface area (Å²) >= 11 is 0. The molecule has 110 valence electrons. The van der Waals surface area contributed by atoms with Crippen LogP contribution in [0.15, 0.2) is 48.5 Å². The van der Waals surface area contributed by atoms with Gasteiger partial charge in [0.1, 0.15) is 5.82 Å². The Labute approximate surface area is 124 Å². The van der Waals surface area contributed by atoms with Crippen molar-refractivity contribution < 1.29 is 9.18 Å². The highest BCUT2D eigenvalue weighted by Crippen LogP contribution is 2.08. The molecule has 0 aliphatic rings. The van der Waals surface area contributed by atoms with Crippen molar-refractivity contribution in [2.75, 3.05) is 11.9 Å². The normalized spacial score (nSPS) is 10.2. The molecule has 0 saturated carbocycles. The van der Waals surface area contributed by atoms with Crippen LogP contribution in [-0.2, 0) is 11.3 Å². The molecule has 1 amide bonds. The van der Waals surface area contributed by atoms with E-state index >= 15 is 0 Å². The molecule has 21 heavy (non-hydrogen) atoms. The zero-order chi connectivity index (χ0) is 15.1. The first-order valence-corrected chi connectivity index (χ1v) is 6.95. The Kier molecular flexibility index (Phi) is 5.32. The average Bonchev–Trinajstić information content (AvgIpc) is 2.47. The Morgan fingerprint density at radius 3 is 2.62 bits per heavy atom. The van der Waals surface area contributed by atoms with Crippen LogP contribution in [0.3, 0.4) is 0 Å². The van der Waals surface area contributed by atoms with Crippen molar-refractivity contribution in [1.29, 1.82) is 0 Å². The Morgan fingerprint density at radius 2 is 1.90 bits per heavy atom. The fourth-order valence-corrected chi connectivity index (χ4v) is 2.00. The first-order chi connectivity index (χ1) is 10.1. The predicted molar refractivity (Wildman–Crippen MR) is 82.5 cm³/mol. The van der Waals surface area contributed by atoms with E-state index in [-0.39, 0.29) is 11.7 Å². The van der Waals surface area contributed by atoms with Crippen molar-refractivity contribution >= 4 is 11.6 Å². The van der Waals surface area contributed by atoms with E-state index in [2.05, 4.69) is 16.7 Å². The lowest BCUT2D eigenvalue weighted by Gasteiger charge is -2.08. The molecule has 0 aliphatic carbocycles. The average molecular weight is 286 g/mol. The third-order valence-electron chi connectivity index (χ3n) is 3.10. The lowest BCUT2D eigenvalue weighted by molar-refractivity contribution is -0.121. The van der Waals surface area contributed by atoms with Crippen LogP contribution >= 0.6 is 0 Å². The first kappa shape index (κ1) is 15.0. The monoisotopic (exact) mass is 286 g/mol. The number of amides is 1. The van der Waals surface area contributed by atoms with Gasteiger partial charge in [0.15, 0.2) is 0 Å². The molecule has 2 rings (SSSR count). The Morgan fingerprint density at radius 1 is 1.14 bits per heavy atom. The maximum atomic E-state index is 12.7. The number of carbonyl (C=O) groups excluding carboxylic acids is 1. The maximum Gasteiger partial charge on any atom is 0.222 e. The number of anilines is 1. The number of carbonyl (C=O) groups is 1. The molecule has 0 aliphatic heterocycles. The van der Waals surface area contributed by atoms with Crippen molar-refractivity contribution in [3.63, 3.8) is 0 Å². The molecule has 0 saturated heterocycles. The number of halogens is 1. The van der Waals surface area contributed by atoms with E-state index in [9.17, 15) is 9.18 Å². The fraction of sp³-hybridized carbons (Fsp3) is 0.235. The summed E-state index contributed by atoms with van der Waals surface area (Å²) in [5, 5.41) is 5.97. The summed E-state index contributed by atoms with van der Waals surface area (Å²) in [6, 6.07) is 14.1. The van der Waals surface area contributed by atoms with Crippen LogP contribution in [0.2, 0.25) is 0 Å². The molecular weight excluding hydrogens is 267 g/mol. The Hall–Kier alpha value is -2.36. The van der Waals surface area contributed by atoms with Gasteiger partial charge < -0.3 is 10.6 Å². The molecular formula is C17H19FN2O. The molecule has 2 aromatic carbocycles. The van der Waals surface area contributed by atoms with Gasteiger partial charge in [-0.2, -0.15) is 0 Å². The number of aryl methyl sites for hydroxylation is 1. The van der Waals surface area contributed by atoms with Crippen molar-refractivity contribution in [2.45, 2.75) is 19.9 Å². The van der Waals surface area contributed by atoms with Crippen LogP contribution in [-0.4, -0.2) is 12.5 Å². The highest BCUT2D eigenvalue weighted by atomic mass is 19.1. The quantitative estimate of drug-likeness (QED) is 0.856. The van der Waals surface area contributed by atoms with Gasteiger partial charge in [-0.1, -0.05) is 29.8 Å². The smallest absolute Gasteiger partial charge is 0.222 e. The minimum atomic E-state index is -0.267. The van der Waals surface area contributed by atoms with E-state index in [0.29, 0.717) is 19.5 Å². The standard InChI is InChI=1S/C17H19FN2O/c1-13-3-2-4-14(11-13)12-20-17(21)9-10-19-16-7-5-15(18)6-8-16/h2-8,11,19H,9-10,12H2,1H3,(H,20,21). The molecule has 0 bridgehead atoms. The molecule has 2 N–H and O–H groups in total. The lowest BCUT2D eigenvalue weighted by atomic mass is 10.1. The molecule has 2 aromatic rings. The van der Waals surface area contributed by atoms with Crippen LogP contribution < -0.4 is 10.6 Å². The van der Waals surface area contributed by atoms with Gasteiger partial charge in [0, 0.05) is 25.2 Å². The zero-order valence-corrected chi connectivity index (χ0v) is 12.0. The van der Waals surface area contributed by atoms with Crippen LogP contribution in [0.4, 0.5) is 10.1 Å². The van der Waals surface area contributed by atoms with Crippen LogP contribution in [0, 0.1) is 12.7 Å². The van der Waals surface area contributed by atoms with Gasteiger partial charge in [-0.25, -0.2) is 4.39 Å². The molecule has 0 atom stereocenters. The summed E-state index contributed by atoms with van der Waals surface area (Å²) in [4.78, 5) is 11.7. The van der Waals surface area contributed by atoms with E-state index in [1.807, 2.05) is 25.1 Å². The molecule has 0 unspecified atom stereocenters. The number of hydrogen-bond acceptors (Lipinski definition) is 2. The van der Waals surface area contributed by atoms with E-state index in [1.54, 1.807) is 12.1 Å². The summed E-state index contributed by atoms with van der Waals surface area (Å²) in [5.41, 5.74) is 3.08. The first-order valence-electron chi connectivity index (χ1n) is 6.95. The molecule has 4 heteroatoms. The molecule has 0 fully saturated rings. The summed E-state index contributed by atoms with van der Waals surface area (Å²) < 4.78 is 12.7. The molecule has 0 aromatic heterocycles. The van der Waals surface area contributed by atoms with Crippen molar-refractivity contribution in [1.82, 2.24) is 5.32 Å². The molecule has 3 nitrogen and oxygen atoms in total. The number of nitrogens with one attached hydrogen (secondary N) is 2. The minimum Gasteiger partial charge on any atom is -0.385 e. The highest BCUT2D eigenvalue weighted by Gasteiger charge is 2.01. The second-order valence-electron chi connectivity index (χ2n) is 4.95. The van der Waals surface area contributed by atoms with Crippen molar-refractivity contribution in [3.05, 3.63) is 65.5 Å². The molecule has 0 spiro atoms. The van der Waals surface area contributed by atoms with Gasteiger partial charge in [0.05, 0.1) is 0 Å². The summed E-state index contributed by atoms with van der Waals surface area (Å²) in [7, 11) is 0. The van der Waals surface area contributed by atoms with E-state index < -0.39 is 0 Å². The van der Waals surface area contributed by atoms with Crippen molar-refractivity contribution in [3.8, 4) is 0 Å². The maximum absolute atomic E-state index is 12.7. The van der Waals surface area contributed by atoms with Gasteiger partial charge in [-0.15, -0.1) is 0 Å². The van der Waals surface area contributed by atoms with E-state index in [4.69, 9.17) is 0 Å². The summed E-state index contributed by atoms with van der Waals surface area (Å²) in [6.45, 7) is 3.08. The van der Waals surface area contributed by atoms with Gasteiger partial charge >= 0.3 is 0 Å². The fourth-order valence-electron chi connectivity index (χ4n) is 2.00. The molecule has 0 radical (unpaired) electrons. The zero-order valence-electron chi connectivity index (χ0n) is 12.0. The second-order valence-corrected chi connectivity index (χ2v) is 4.95. The minimum absolute atomic E-state index is 0.00822. The number of benzene rings is 2.